The summed E-state index contributed by atoms with van der Waals surface area (Å²) in [7, 11) is -2.09. The van der Waals surface area contributed by atoms with Crippen molar-refractivity contribution in [3.05, 3.63) is 45.7 Å². The SMILES string of the molecule is CCOc1ccc(CCNS(=O)(=O)c2cnc(Cl)c(Br)c2)cc1OC. The number of ether oxygens (including phenoxy) is 2. The van der Waals surface area contributed by atoms with Crippen LogP contribution in [0.5, 0.6) is 11.5 Å². The average molecular weight is 450 g/mol. The molecule has 0 spiro atoms. The van der Waals surface area contributed by atoms with Gasteiger partial charge < -0.3 is 9.47 Å². The Morgan fingerprint density at radius 3 is 2.68 bits per heavy atom. The molecule has 0 saturated carbocycles. The Morgan fingerprint density at radius 1 is 1.28 bits per heavy atom. The van der Waals surface area contributed by atoms with Gasteiger partial charge in [0.25, 0.3) is 0 Å². The summed E-state index contributed by atoms with van der Waals surface area (Å²) in [6.07, 6.45) is 1.72. The Bertz CT molecular complexity index is 846. The van der Waals surface area contributed by atoms with Crippen molar-refractivity contribution in [2.24, 2.45) is 0 Å². The van der Waals surface area contributed by atoms with E-state index < -0.39 is 10.0 Å². The van der Waals surface area contributed by atoms with Gasteiger partial charge in [-0.15, -0.1) is 0 Å². The number of pyridine rings is 1. The van der Waals surface area contributed by atoms with E-state index in [1.807, 2.05) is 25.1 Å². The lowest BCUT2D eigenvalue weighted by Gasteiger charge is -2.11. The lowest BCUT2D eigenvalue weighted by molar-refractivity contribution is 0.310. The summed E-state index contributed by atoms with van der Waals surface area (Å²) >= 11 is 8.95. The van der Waals surface area contributed by atoms with Crippen molar-refractivity contribution in [3.63, 3.8) is 0 Å². The van der Waals surface area contributed by atoms with Gasteiger partial charge in [-0.05, 0) is 53.0 Å². The highest BCUT2D eigenvalue weighted by Gasteiger charge is 2.16. The lowest BCUT2D eigenvalue weighted by atomic mass is 10.1. The Labute approximate surface area is 160 Å². The third-order valence-corrected chi connectivity index (χ3v) is 5.88. The molecule has 25 heavy (non-hydrogen) atoms. The van der Waals surface area contributed by atoms with Crippen LogP contribution in [0.15, 0.2) is 39.8 Å². The summed E-state index contributed by atoms with van der Waals surface area (Å²) in [6.45, 7) is 2.67. The highest BCUT2D eigenvalue weighted by atomic mass is 79.9. The van der Waals surface area contributed by atoms with Gasteiger partial charge in [-0.1, -0.05) is 17.7 Å². The van der Waals surface area contributed by atoms with Crippen LogP contribution < -0.4 is 14.2 Å². The summed E-state index contributed by atoms with van der Waals surface area (Å²) in [5.74, 6) is 1.28. The standard InChI is InChI=1S/C16H18BrClN2O4S/c1-3-24-14-5-4-11(8-15(14)23-2)6-7-20-25(21,22)12-9-13(17)16(18)19-10-12/h4-5,8-10,20H,3,6-7H2,1-2H3. The topological polar surface area (TPSA) is 77.5 Å². The Hall–Kier alpha value is -1.35. The quantitative estimate of drug-likeness (QED) is 0.625. The summed E-state index contributed by atoms with van der Waals surface area (Å²) in [5, 5.41) is 0.209. The molecule has 1 heterocycles. The van der Waals surface area contributed by atoms with Crippen molar-refractivity contribution in [3.8, 4) is 11.5 Å². The molecule has 0 aliphatic heterocycles. The Morgan fingerprint density at radius 2 is 2.04 bits per heavy atom. The van der Waals surface area contributed by atoms with Crippen molar-refractivity contribution in [2.45, 2.75) is 18.2 Å². The monoisotopic (exact) mass is 448 g/mol. The number of hydrogen-bond donors (Lipinski definition) is 1. The molecule has 0 atom stereocenters. The minimum atomic E-state index is -3.66. The number of aromatic nitrogens is 1. The third-order valence-electron chi connectivity index (χ3n) is 3.32. The van der Waals surface area contributed by atoms with Gasteiger partial charge in [0.15, 0.2) is 11.5 Å². The lowest BCUT2D eigenvalue weighted by Crippen LogP contribution is -2.26. The van der Waals surface area contributed by atoms with E-state index in [4.69, 9.17) is 21.1 Å². The fraction of sp³-hybridized carbons (Fsp3) is 0.312. The number of nitrogens with one attached hydrogen (secondary N) is 1. The van der Waals surface area contributed by atoms with E-state index in [1.54, 1.807) is 7.11 Å². The van der Waals surface area contributed by atoms with Crippen molar-refractivity contribution < 1.29 is 17.9 Å². The number of halogens is 2. The molecule has 9 heteroatoms. The van der Waals surface area contributed by atoms with Gasteiger partial charge in [-0.25, -0.2) is 18.1 Å². The largest absolute Gasteiger partial charge is 0.493 e. The summed E-state index contributed by atoms with van der Waals surface area (Å²) < 4.78 is 38.3. The van der Waals surface area contributed by atoms with Crippen LogP contribution in [0.1, 0.15) is 12.5 Å². The molecule has 2 aromatic rings. The van der Waals surface area contributed by atoms with Crippen molar-refractivity contribution in [2.75, 3.05) is 20.3 Å². The second-order valence-corrected chi connectivity index (χ2v) is 7.99. The molecule has 1 N–H and O–H groups in total. The van der Waals surface area contributed by atoms with Crippen LogP contribution in [-0.2, 0) is 16.4 Å². The van der Waals surface area contributed by atoms with Crippen molar-refractivity contribution in [1.29, 1.82) is 0 Å². The molecular formula is C16H18BrClN2O4S. The van der Waals surface area contributed by atoms with E-state index >= 15 is 0 Å². The summed E-state index contributed by atoms with van der Waals surface area (Å²) in [4.78, 5) is 3.88. The zero-order chi connectivity index (χ0) is 18.4. The first-order chi connectivity index (χ1) is 11.9. The van der Waals surface area contributed by atoms with Crippen LogP contribution in [0.25, 0.3) is 0 Å². The molecule has 0 aliphatic carbocycles. The molecule has 0 amide bonds. The second-order valence-electron chi connectivity index (χ2n) is 5.01. The molecule has 0 radical (unpaired) electrons. The normalized spacial score (nSPS) is 11.4. The smallest absolute Gasteiger partial charge is 0.242 e. The first-order valence-electron chi connectivity index (χ1n) is 7.47. The zero-order valence-corrected chi connectivity index (χ0v) is 16.9. The van der Waals surface area contributed by atoms with Gasteiger partial charge in [0, 0.05) is 12.7 Å². The minimum absolute atomic E-state index is 0.0491. The van der Waals surface area contributed by atoms with E-state index in [0.29, 0.717) is 29.0 Å². The molecule has 1 aromatic heterocycles. The van der Waals surface area contributed by atoms with Gasteiger partial charge >= 0.3 is 0 Å². The number of methoxy groups -OCH3 is 1. The molecular weight excluding hydrogens is 432 g/mol. The van der Waals surface area contributed by atoms with Crippen LogP contribution in [0, 0.1) is 0 Å². The molecule has 0 unspecified atom stereocenters. The highest BCUT2D eigenvalue weighted by molar-refractivity contribution is 9.10. The summed E-state index contributed by atoms with van der Waals surface area (Å²) in [5.41, 5.74) is 0.929. The minimum Gasteiger partial charge on any atom is -0.493 e. The second kappa shape index (κ2) is 8.84. The number of benzene rings is 1. The Balaban J connectivity index is 2.03. The van der Waals surface area contributed by atoms with Crippen LogP contribution in [-0.4, -0.2) is 33.7 Å². The highest BCUT2D eigenvalue weighted by Crippen LogP contribution is 2.28. The summed E-state index contributed by atoms with van der Waals surface area (Å²) in [6, 6.07) is 6.94. The van der Waals surface area contributed by atoms with Crippen LogP contribution >= 0.6 is 27.5 Å². The fourth-order valence-electron chi connectivity index (χ4n) is 2.11. The van der Waals surface area contributed by atoms with Crippen molar-refractivity contribution >= 4 is 37.6 Å². The van der Waals surface area contributed by atoms with Crippen LogP contribution in [0.4, 0.5) is 0 Å². The van der Waals surface area contributed by atoms with E-state index in [0.717, 1.165) is 5.56 Å². The van der Waals surface area contributed by atoms with Gasteiger partial charge in [-0.2, -0.15) is 0 Å². The van der Waals surface area contributed by atoms with Crippen LogP contribution in [0.2, 0.25) is 5.15 Å². The molecule has 2 rings (SSSR count). The predicted molar refractivity (Wildman–Crippen MR) is 100 cm³/mol. The maximum absolute atomic E-state index is 12.3. The van der Waals surface area contributed by atoms with E-state index in [2.05, 4.69) is 25.6 Å². The number of sulfonamides is 1. The van der Waals surface area contributed by atoms with E-state index in [1.165, 1.54) is 12.3 Å². The Kier molecular flexibility index (Phi) is 7.06. The third kappa shape index (κ3) is 5.31. The molecule has 6 nitrogen and oxygen atoms in total. The molecule has 0 saturated heterocycles. The molecule has 136 valence electrons. The predicted octanol–water partition coefficient (Wildman–Crippen LogP) is 3.43. The molecule has 0 aliphatic rings. The average Bonchev–Trinajstić information content (AvgIpc) is 2.58. The van der Waals surface area contributed by atoms with Crippen molar-refractivity contribution in [1.82, 2.24) is 9.71 Å². The van der Waals surface area contributed by atoms with Gasteiger partial charge in [-0.3, -0.25) is 0 Å². The number of hydrogen-bond acceptors (Lipinski definition) is 5. The number of nitrogens with zero attached hydrogens (tertiary/aromatic N) is 1. The first kappa shape index (κ1) is 20.0. The zero-order valence-electron chi connectivity index (χ0n) is 13.8. The molecule has 0 bridgehead atoms. The van der Waals surface area contributed by atoms with Crippen LogP contribution in [0.3, 0.4) is 0 Å². The van der Waals surface area contributed by atoms with E-state index in [-0.39, 0.29) is 16.6 Å². The van der Waals surface area contributed by atoms with Gasteiger partial charge in [0.2, 0.25) is 10.0 Å². The number of rotatable bonds is 8. The molecule has 0 fully saturated rings. The first-order valence-corrected chi connectivity index (χ1v) is 10.1. The maximum Gasteiger partial charge on any atom is 0.242 e. The fourth-order valence-corrected chi connectivity index (χ4v) is 3.71. The van der Waals surface area contributed by atoms with Gasteiger partial charge in [0.05, 0.1) is 18.2 Å². The maximum atomic E-state index is 12.3. The van der Waals surface area contributed by atoms with E-state index in [9.17, 15) is 8.42 Å². The molecule has 1 aromatic carbocycles. The van der Waals surface area contributed by atoms with Gasteiger partial charge in [0.1, 0.15) is 10.0 Å².